The molecule has 9 heteroatoms. The molecule has 2 N–H and O–H groups in total. The lowest BCUT2D eigenvalue weighted by atomic mass is 9.88. The van der Waals surface area contributed by atoms with Gasteiger partial charge in [0, 0.05) is 37.8 Å². The van der Waals surface area contributed by atoms with Crippen molar-refractivity contribution in [2.45, 2.75) is 51.1 Å². The molecular weight excluding hydrogens is 505 g/mol. The molecular formula is C22H32IN7O. The number of hydrogen-bond acceptors (Lipinski definition) is 4. The standard InChI is InChI=1S/C22H31N7O.HI/c1-23-22(24-14-20-27-25-16-29(20)19-10-6-3-7-11-19)26-18-12-13-28(15-18)21(30)17-8-4-2-5-9-17;/h3,6-7,10-11,16-18H,2,4-5,8-9,12-15H2,1H3,(H2,23,24,26);1H. The van der Waals surface area contributed by atoms with Crippen LogP contribution in [-0.4, -0.2) is 57.7 Å². The molecule has 0 spiro atoms. The summed E-state index contributed by atoms with van der Waals surface area (Å²) in [6.07, 6.45) is 8.42. The fourth-order valence-electron chi connectivity index (χ4n) is 4.42. The molecule has 1 aliphatic heterocycles. The lowest BCUT2D eigenvalue weighted by Gasteiger charge is -2.26. The van der Waals surface area contributed by atoms with Crippen molar-refractivity contribution >= 4 is 35.8 Å². The van der Waals surface area contributed by atoms with Crippen LogP contribution in [0, 0.1) is 5.92 Å². The zero-order valence-electron chi connectivity index (χ0n) is 18.0. The Morgan fingerprint density at radius 1 is 1.16 bits per heavy atom. The van der Waals surface area contributed by atoms with Crippen LogP contribution in [0.4, 0.5) is 0 Å². The van der Waals surface area contributed by atoms with E-state index in [1.54, 1.807) is 13.4 Å². The van der Waals surface area contributed by atoms with Crippen molar-refractivity contribution in [2.24, 2.45) is 10.9 Å². The summed E-state index contributed by atoms with van der Waals surface area (Å²) in [5.74, 6) is 2.11. The molecule has 1 aromatic carbocycles. The van der Waals surface area contributed by atoms with Gasteiger partial charge in [-0.05, 0) is 31.4 Å². The van der Waals surface area contributed by atoms with Crippen LogP contribution in [0.3, 0.4) is 0 Å². The van der Waals surface area contributed by atoms with E-state index in [4.69, 9.17) is 0 Å². The number of carbonyl (C=O) groups is 1. The van der Waals surface area contributed by atoms with Crippen molar-refractivity contribution < 1.29 is 4.79 Å². The van der Waals surface area contributed by atoms with Gasteiger partial charge in [0.2, 0.25) is 5.91 Å². The number of guanidine groups is 1. The Labute approximate surface area is 200 Å². The van der Waals surface area contributed by atoms with Gasteiger partial charge in [0.05, 0.1) is 6.54 Å². The van der Waals surface area contributed by atoms with Crippen LogP contribution >= 0.6 is 24.0 Å². The van der Waals surface area contributed by atoms with Crippen molar-refractivity contribution in [1.29, 1.82) is 0 Å². The van der Waals surface area contributed by atoms with Crippen LogP contribution in [-0.2, 0) is 11.3 Å². The monoisotopic (exact) mass is 537 g/mol. The van der Waals surface area contributed by atoms with Crippen molar-refractivity contribution in [3.8, 4) is 5.69 Å². The van der Waals surface area contributed by atoms with Gasteiger partial charge in [0.1, 0.15) is 6.33 Å². The van der Waals surface area contributed by atoms with Crippen LogP contribution in [0.2, 0.25) is 0 Å². The number of likely N-dealkylation sites (tertiary alicyclic amines) is 1. The van der Waals surface area contributed by atoms with Gasteiger partial charge in [-0.2, -0.15) is 0 Å². The number of nitrogens with zero attached hydrogens (tertiary/aromatic N) is 5. The first-order chi connectivity index (χ1) is 14.7. The predicted octanol–water partition coefficient (Wildman–Crippen LogP) is 2.73. The van der Waals surface area contributed by atoms with E-state index < -0.39 is 0 Å². The molecule has 1 atom stereocenters. The maximum Gasteiger partial charge on any atom is 0.225 e. The topological polar surface area (TPSA) is 87.4 Å². The second kappa shape index (κ2) is 11.4. The number of carbonyl (C=O) groups excluding carboxylic acids is 1. The zero-order chi connectivity index (χ0) is 20.8. The highest BCUT2D eigenvalue weighted by molar-refractivity contribution is 14.0. The van der Waals surface area contributed by atoms with E-state index in [1.165, 1.54) is 19.3 Å². The molecule has 1 unspecified atom stereocenters. The molecule has 0 radical (unpaired) electrons. The summed E-state index contributed by atoms with van der Waals surface area (Å²) in [7, 11) is 1.76. The summed E-state index contributed by atoms with van der Waals surface area (Å²) in [5.41, 5.74) is 1.02. The fraction of sp³-hybridized carbons (Fsp3) is 0.545. The number of rotatable bonds is 5. The minimum Gasteiger partial charge on any atom is -0.352 e. The van der Waals surface area contributed by atoms with Gasteiger partial charge in [-0.3, -0.25) is 14.4 Å². The highest BCUT2D eigenvalue weighted by Crippen LogP contribution is 2.26. The van der Waals surface area contributed by atoms with Crippen LogP contribution in [0.5, 0.6) is 0 Å². The summed E-state index contributed by atoms with van der Waals surface area (Å²) in [6.45, 7) is 2.08. The maximum absolute atomic E-state index is 12.8. The highest BCUT2D eigenvalue weighted by Gasteiger charge is 2.31. The Hall–Kier alpha value is -2.17. The summed E-state index contributed by atoms with van der Waals surface area (Å²) < 4.78 is 1.96. The van der Waals surface area contributed by atoms with E-state index in [1.807, 2.05) is 39.8 Å². The molecule has 168 valence electrons. The number of benzene rings is 1. The second-order valence-corrected chi connectivity index (χ2v) is 8.13. The number of amides is 1. The number of halogens is 1. The van der Waals surface area contributed by atoms with Crippen molar-refractivity contribution in [3.63, 3.8) is 0 Å². The normalized spacial score (nSPS) is 19.7. The molecule has 1 amide bonds. The molecule has 1 saturated heterocycles. The van der Waals surface area contributed by atoms with Crippen LogP contribution in [0.25, 0.3) is 5.69 Å². The van der Waals surface area contributed by atoms with Gasteiger partial charge >= 0.3 is 0 Å². The molecule has 2 fully saturated rings. The van der Waals surface area contributed by atoms with Crippen LogP contribution in [0.15, 0.2) is 41.7 Å². The van der Waals surface area contributed by atoms with Crippen molar-refractivity contribution in [3.05, 3.63) is 42.5 Å². The lowest BCUT2D eigenvalue weighted by Crippen LogP contribution is -2.45. The van der Waals surface area contributed by atoms with E-state index in [0.29, 0.717) is 12.5 Å². The van der Waals surface area contributed by atoms with Crippen LogP contribution < -0.4 is 10.6 Å². The molecule has 2 heterocycles. The van der Waals surface area contributed by atoms with Gasteiger partial charge < -0.3 is 15.5 Å². The highest BCUT2D eigenvalue weighted by atomic mass is 127. The van der Waals surface area contributed by atoms with E-state index in [-0.39, 0.29) is 35.9 Å². The molecule has 1 aromatic heterocycles. The fourth-order valence-corrected chi connectivity index (χ4v) is 4.42. The Balaban J connectivity index is 0.00000272. The second-order valence-electron chi connectivity index (χ2n) is 8.13. The molecule has 2 aliphatic rings. The number of nitrogens with one attached hydrogen (secondary N) is 2. The van der Waals surface area contributed by atoms with E-state index in [0.717, 1.165) is 49.8 Å². The number of aromatic nitrogens is 3. The largest absolute Gasteiger partial charge is 0.352 e. The Morgan fingerprint density at radius 3 is 2.68 bits per heavy atom. The average molecular weight is 537 g/mol. The van der Waals surface area contributed by atoms with E-state index in [2.05, 4.69) is 25.8 Å². The molecule has 1 aliphatic carbocycles. The molecule has 1 saturated carbocycles. The third kappa shape index (κ3) is 5.96. The predicted molar refractivity (Wildman–Crippen MR) is 132 cm³/mol. The lowest BCUT2D eigenvalue weighted by molar-refractivity contribution is -0.135. The minimum atomic E-state index is 0. The molecule has 2 aromatic rings. The third-order valence-electron chi connectivity index (χ3n) is 6.09. The van der Waals surface area contributed by atoms with Gasteiger partial charge in [-0.25, -0.2) is 0 Å². The first-order valence-corrected chi connectivity index (χ1v) is 10.9. The first-order valence-electron chi connectivity index (χ1n) is 10.9. The SMILES string of the molecule is CN=C(NCc1nncn1-c1ccccc1)NC1CCN(C(=O)C2CCCCC2)C1.I. The van der Waals surface area contributed by atoms with E-state index >= 15 is 0 Å². The van der Waals surface area contributed by atoms with Gasteiger partial charge in [-0.15, -0.1) is 34.2 Å². The summed E-state index contributed by atoms with van der Waals surface area (Å²) >= 11 is 0. The molecule has 8 nitrogen and oxygen atoms in total. The Kier molecular flexibility index (Phi) is 8.68. The summed E-state index contributed by atoms with van der Waals surface area (Å²) in [6, 6.07) is 10.2. The first kappa shape index (κ1) is 23.5. The number of aliphatic imine (C=N–C) groups is 1. The zero-order valence-corrected chi connectivity index (χ0v) is 20.4. The van der Waals surface area contributed by atoms with Crippen molar-refractivity contribution in [1.82, 2.24) is 30.3 Å². The molecule has 0 bridgehead atoms. The maximum atomic E-state index is 12.8. The number of hydrogen-bond donors (Lipinski definition) is 2. The Morgan fingerprint density at radius 2 is 1.94 bits per heavy atom. The smallest absolute Gasteiger partial charge is 0.225 e. The summed E-state index contributed by atoms with van der Waals surface area (Å²) in [5, 5.41) is 15.1. The van der Waals surface area contributed by atoms with Crippen LogP contribution in [0.1, 0.15) is 44.3 Å². The van der Waals surface area contributed by atoms with Gasteiger partial charge in [-0.1, -0.05) is 37.5 Å². The van der Waals surface area contributed by atoms with Gasteiger partial charge in [0.15, 0.2) is 11.8 Å². The minimum absolute atomic E-state index is 0. The molecule has 4 rings (SSSR count). The number of para-hydroxylation sites is 1. The van der Waals surface area contributed by atoms with E-state index in [9.17, 15) is 4.79 Å². The average Bonchev–Trinajstić information content (AvgIpc) is 3.47. The van der Waals surface area contributed by atoms with Crippen molar-refractivity contribution in [2.75, 3.05) is 20.1 Å². The molecule has 31 heavy (non-hydrogen) atoms. The Bertz CT molecular complexity index is 864. The third-order valence-corrected chi connectivity index (χ3v) is 6.09. The quantitative estimate of drug-likeness (QED) is 0.348. The summed E-state index contributed by atoms with van der Waals surface area (Å²) in [4.78, 5) is 19.2. The van der Waals surface area contributed by atoms with Gasteiger partial charge in [0.25, 0.3) is 0 Å².